The number of nitrogens with one attached hydrogen (secondary N) is 1. The number of ketones is 1. The molecule has 1 fully saturated rings. The zero-order valence-electron chi connectivity index (χ0n) is 14.9. The standard InChI is InChI=1S/C18H17N3O5S/c1-10-8-14(11(2)27-10)15(22)9-20-16(23)18(3,19-17(20)24)12-4-6-13(7-5-12)21(25)26/h4-8H,9H2,1-3H3,(H,19,24)/t18-/m0/s1. The normalized spacial score (nSPS) is 19.3. The molecular formula is C18H17N3O5S. The number of Topliss-reactive ketones (excluding diaryl/α,β-unsaturated/α-hetero) is 1. The molecule has 27 heavy (non-hydrogen) atoms. The van der Waals surface area contributed by atoms with Crippen LogP contribution in [-0.4, -0.2) is 34.1 Å². The van der Waals surface area contributed by atoms with E-state index in [1.807, 2.05) is 13.8 Å². The fourth-order valence-corrected chi connectivity index (χ4v) is 4.03. The molecule has 2 heterocycles. The third-order valence-electron chi connectivity index (χ3n) is 4.57. The first-order valence-corrected chi connectivity index (χ1v) is 8.94. The maximum absolute atomic E-state index is 12.9. The third-order valence-corrected chi connectivity index (χ3v) is 5.54. The quantitative estimate of drug-likeness (QED) is 0.367. The molecular weight excluding hydrogens is 370 g/mol. The highest BCUT2D eigenvalue weighted by molar-refractivity contribution is 7.12. The van der Waals surface area contributed by atoms with Gasteiger partial charge in [-0.2, -0.15) is 0 Å². The van der Waals surface area contributed by atoms with Gasteiger partial charge >= 0.3 is 6.03 Å². The molecule has 9 heteroatoms. The van der Waals surface area contributed by atoms with Gasteiger partial charge in [-0.1, -0.05) is 0 Å². The maximum Gasteiger partial charge on any atom is 0.325 e. The van der Waals surface area contributed by atoms with Crippen molar-refractivity contribution in [2.45, 2.75) is 26.3 Å². The minimum absolute atomic E-state index is 0.116. The number of nitrogens with zero attached hydrogens (tertiary/aromatic N) is 2. The monoisotopic (exact) mass is 387 g/mol. The van der Waals surface area contributed by atoms with Gasteiger partial charge in [0.1, 0.15) is 5.54 Å². The van der Waals surface area contributed by atoms with Gasteiger partial charge in [-0.15, -0.1) is 11.3 Å². The highest BCUT2D eigenvalue weighted by atomic mass is 32.1. The van der Waals surface area contributed by atoms with Crippen LogP contribution in [0.3, 0.4) is 0 Å². The Labute approximate surface area is 158 Å². The molecule has 0 unspecified atom stereocenters. The van der Waals surface area contributed by atoms with Crippen LogP contribution in [0.1, 0.15) is 32.6 Å². The van der Waals surface area contributed by atoms with Gasteiger partial charge in [0, 0.05) is 27.5 Å². The average Bonchev–Trinajstić information content (AvgIpc) is 3.06. The van der Waals surface area contributed by atoms with E-state index in [0.717, 1.165) is 14.7 Å². The molecule has 1 saturated heterocycles. The molecule has 0 radical (unpaired) electrons. The number of thiophene rings is 1. The van der Waals surface area contributed by atoms with Gasteiger partial charge in [-0.05, 0) is 44.5 Å². The number of nitro groups is 1. The van der Waals surface area contributed by atoms with E-state index >= 15 is 0 Å². The Balaban J connectivity index is 1.84. The number of amides is 3. The number of hydrogen-bond donors (Lipinski definition) is 1. The number of urea groups is 1. The summed E-state index contributed by atoms with van der Waals surface area (Å²) in [5.41, 5.74) is -0.591. The summed E-state index contributed by atoms with van der Waals surface area (Å²) in [6, 6.07) is 6.47. The van der Waals surface area contributed by atoms with Gasteiger partial charge in [0.25, 0.3) is 11.6 Å². The second-order valence-corrected chi connectivity index (χ2v) is 7.96. The number of hydrogen-bond acceptors (Lipinski definition) is 6. The fraction of sp³-hybridized carbons (Fsp3) is 0.278. The van der Waals surface area contributed by atoms with Crippen LogP contribution in [-0.2, 0) is 10.3 Å². The van der Waals surface area contributed by atoms with Crippen LogP contribution in [0.2, 0.25) is 0 Å². The van der Waals surface area contributed by atoms with Gasteiger partial charge in [-0.3, -0.25) is 24.6 Å². The number of benzene rings is 1. The molecule has 0 bridgehead atoms. The van der Waals surface area contributed by atoms with E-state index in [4.69, 9.17) is 0 Å². The molecule has 0 spiro atoms. The van der Waals surface area contributed by atoms with Crippen molar-refractivity contribution in [3.8, 4) is 0 Å². The molecule has 1 aliphatic rings. The number of imide groups is 1. The van der Waals surface area contributed by atoms with Gasteiger partial charge < -0.3 is 5.32 Å². The number of rotatable bonds is 5. The van der Waals surface area contributed by atoms with Crippen molar-refractivity contribution in [1.82, 2.24) is 10.2 Å². The second kappa shape index (κ2) is 6.58. The first kappa shape index (κ1) is 18.7. The first-order valence-electron chi connectivity index (χ1n) is 8.13. The molecule has 1 aromatic heterocycles. The predicted molar refractivity (Wildman–Crippen MR) is 98.8 cm³/mol. The number of aryl methyl sites for hydroxylation is 2. The Morgan fingerprint density at radius 2 is 1.89 bits per heavy atom. The largest absolute Gasteiger partial charge is 0.325 e. The summed E-state index contributed by atoms with van der Waals surface area (Å²) in [4.78, 5) is 50.7. The van der Waals surface area contributed by atoms with Crippen LogP contribution in [0.25, 0.3) is 0 Å². The van der Waals surface area contributed by atoms with Gasteiger partial charge in [0.2, 0.25) is 0 Å². The molecule has 2 aromatic rings. The summed E-state index contributed by atoms with van der Waals surface area (Å²) < 4.78 is 0. The van der Waals surface area contributed by atoms with Gasteiger partial charge in [0.05, 0.1) is 11.5 Å². The maximum atomic E-state index is 12.9. The molecule has 3 amide bonds. The molecule has 1 atom stereocenters. The smallest absolute Gasteiger partial charge is 0.319 e. The Morgan fingerprint density at radius 3 is 2.41 bits per heavy atom. The van der Waals surface area contributed by atoms with Crippen molar-refractivity contribution in [3.05, 3.63) is 61.3 Å². The van der Waals surface area contributed by atoms with Crippen LogP contribution >= 0.6 is 11.3 Å². The predicted octanol–water partition coefficient (Wildman–Crippen LogP) is 2.92. The summed E-state index contributed by atoms with van der Waals surface area (Å²) in [6.07, 6.45) is 0. The van der Waals surface area contributed by atoms with E-state index in [2.05, 4.69) is 5.32 Å². The van der Waals surface area contributed by atoms with Crippen LogP contribution in [0.5, 0.6) is 0 Å². The summed E-state index contributed by atoms with van der Waals surface area (Å²) in [6.45, 7) is 4.86. The van der Waals surface area contributed by atoms with Crippen molar-refractivity contribution in [2.75, 3.05) is 6.54 Å². The Morgan fingerprint density at radius 1 is 1.26 bits per heavy atom. The Bertz CT molecular complexity index is 966. The van der Waals surface area contributed by atoms with Gasteiger partial charge in [0.15, 0.2) is 5.78 Å². The van der Waals surface area contributed by atoms with E-state index in [0.29, 0.717) is 11.1 Å². The molecule has 0 aliphatic carbocycles. The highest BCUT2D eigenvalue weighted by Gasteiger charge is 2.49. The van der Waals surface area contributed by atoms with E-state index in [9.17, 15) is 24.5 Å². The lowest BCUT2D eigenvalue weighted by atomic mass is 9.92. The van der Waals surface area contributed by atoms with Gasteiger partial charge in [-0.25, -0.2) is 4.79 Å². The van der Waals surface area contributed by atoms with Crippen molar-refractivity contribution >= 4 is 34.7 Å². The molecule has 1 N–H and O–H groups in total. The third kappa shape index (κ3) is 3.21. The molecule has 8 nitrogen and oxygen atoms in total. The minimum atomic E-state index is -1.38. The summed E-state index contributed by atoms with van der Waals surface area (Å²) >= 11 is 1.48. The van der Waals surface area contributed by atoms with Crippen molar-refractivity contribution in [3.63, 3.8) is 0 Å². The van der Waals surface area contributed by atoms with Crippen molar-refractivity contribution in [2.24, 2.45) is 0 Å². The molecule has 140 valence electrons. The van der Waals surface area contributed by atoms with Crippen molar-refractivity contribution < 1.29 is 19.3 Å². The zero-order valence-corrected chi connectivity index (χ0v) is 15.8. The second-order valence-electron chi connectivity index (χ2n) is 6.50. The fourth-order valence-electron chi connectivity index (χ4n) is 3.09. The van der Waals surface area contributed by atoms with Crippen LogP contribution in [0.4, 0.5) is 10.5 Å². The highest BCUT2D eigenvalue weighted by Crippen LogP contribution is 2.30. The summed E-state index contributed by atoms with van der Waals surface area (Å²) in [5.74, 6) is -0.882. The molecule has 3 rings (SSSR count). The molecule has 1 aliphatic heterocycles. The van der Waals surface area contributed by atoms with E-state index in [-0.39, 0.29) is 18.0 Å². The average molecular weight is 387 g/mol. The molecule has 1 aromatic carbocycles. The number of carbonyl (C=O) groups excluding carboxylic acids is 3. The van der Waals surface area contributed by atoms with Crippen molar-refractivity contribution in [1.29, 1.82) is 0 Å². The SMILES string of the molecule is Cc1cc(C(=O)CN2C(=O)N[C@@](C)(c3ccc([N+](=O)[O-])cc3)C2=O)c(C)s1. The van der Waals surface area contributed by atoms with E-state index in [1.54, 1.807) is 6.07 Å². The summed E-state index contributed by atoms with van der Waals surface area (Å²) in [7, 11) is 0. The number of nitro benzene ring substituents is 1. The topological polar surface area (TPSA) is 110 Å². The van der Waals surface area contributed by atoms with Crippen LogP contribution < -0.4 is 5.32 Å². The van der Waals surface area contributed by atoms with Crippen LogP contribution in [0, 0.1) is 24.0 Å². The summed E-state index contributed by atoms with van der Waals surface area (Å²) in [5, 5.41) is 13.4. The lowest BCUT2D eigenvalue weighted by Gasteiger charge is -2.22. The van der Waals surface area contributed by atoms with E-state index < -0.39 is 22.4 Å². The lowest BCUT2D eigenvalue weighted by molar-refractivity contribution is -0.384. The Hall–Kier alpha value is -3.07. The first-order chi connectivity index (χ1) is 12.6. The zero-order chi connectivity index (χ0) is 19.9. The molecule has 0 saturated carbocycles. The number of non-ortho nitro benzene ring substituents is 1. The van der Waals surface area contributed by atoms with E-state index in [1.165, 1.54) is 42.5 Å². The number of carbonyl (C=O) groups is 3. The van der Waals surface area contributed by atoms with Crippen LogP contribution in [0.15, 0.2) is 30.3 Å². The minimum Gasteiger partial charge on any atom is -0.319 e. The lowest BCUT2D eigenvalue weighted by Crippen LogP contribution is -2.41. The Kier molecular flexibility index (Phi) is 4.56.